The number of hydrogen-bond acceptors (Lipinski definition) is 7. The third-order valence-electron chi connectivity index (χ3n) is 6.82. The number of nitrogens with zero attached hydrogens (tertiary/aromatic N) is 3. The Balaban J connectivity index is 1.33. The number of para-hydroxylation sites is 1. The Labute approximate surface area is 271 Å². The van der Waals surface area contributed by atoms with Gasteiger partial charge in [0.25, 0.3) is 11.5 Å². The summed E-state index contributed by atoms with van der Waals surface area (Å²) in [6, 6.07) is 25.0. The fraction of sp³-hybridized carbons (Fsp3) is 0.118. The van der Waals surface area contributed by atoms with Gasteiger partial charge in [-0.1, -0.05) is 41.4 Å². The fourth-order valence-corrected chi connectivity index (χ4v) is 5.25. The number of carbonyl (C=O) groups excluding carboxylic acids is 1. The van der Waals surface area contributed by atoms with Crippen LogP contribution in [0.25, 0.3) is 33.5 Å². The summed E-state index contributed by atoms with van der Waals surface area (Å²) in [4.78, 5) is 30.9. The number of hydrogen-bond donors (Lipinski definition) is 1. The first-order valence-corrected chi connectivity index (χ1v) is 15.2. The van der Waals surface area contributed by atoms with Crippen LogP contribution >= 0.6 is 27.5 Å². The van der Waals surface area contributed by atoms with Gasteiger partial charge < -0.3 is 19.2 Å². The first kappa shape index (κ1) is 30.1. The molecule has 0 bridgehead atoms. The lowest BCUT2D eigenvalue weighted by atomic mass is 10.2. The van der Waals surface area contributed by atoms with Crippen molar-refractivity contribution in [1.82, 2.24) is 9.66 Å². The first-order chi connectivity index (χ1) is 21.8. The predicted octanol–water partition coefficient (Wildman–Crippen LogP) is 7.83. The number of carbonyl (C=O) groups is 1. The normalized spacial score (nSPS) is 11.4. The molecule has 0 aliphatic carbocycles. The number of ether oxygens (including phenoxy) is 2. The number of aromatic nitrogens is 2. The molecule has 0 aliphatic rings. The van der Waals surface area contributed by atoms with E-state index in [9.17, 15) is 9.59 Å². The summed E-state index contributed by atoms with van der Waals surface area (Å²) in [5.74, 6) is 1.04. The van der Waals surface area contributed by atoms with Gasteiger partial charge in [0.2, 0.25) is 5.82 Å². The Morgan fingerprint density at radius 3 is 2.62 bits per heavy atom. The number of anilines is 1. The second kappa shape index (κ2) is 13.0. The van der Waals surface area contributed by atoms with E-state index in [2.05, 4.69) is 26.3 Å². The van der Waals surface area contributed by atoms with Crippen molar-refractivity contribution in [2.75, 3.05) is 18.5 Å². The Kier molecular flexibility index (Phi) is 8.68. The molecule has 0 saturated heterocycles. The fourth-order valence-electron chi connectivity index (χ4n) is 4.64. The number of rotatable bonds is 9. The average molecular weight is 686 g/mol. The molecular weight excluding hydrogens is 660 g/mol. The summed E-state index contributed by atoms with van der Waals surface area (Å²) in [6.07, 6.45) is 1.52. The van der Waals surface area contributed by atoms with E-state index in [1.54, 1.807) is 54.6 Å². The molecular formula is C34H26BrClN4O5. The molecule has 9 nitrogen and oxygen atoms in total. The lowest BCUT2D eigenvalue weighted by molar-refractivity contribution is -0.118. The minimum absolute atomic E-state index is 0.224. The Hall–Kier alpha value is -4.93. The SMILES string of the molecule is CCOc1cc(C=Nn2c(-c3cc4cc(Cl)ccc4o3)nc3ccccc3c2=O)c(Br)cc1OCC(=O)Nc1ccc(C)cc1. The van der Waals surface area contributed by atoms with E-state index in [1.807, 2.05) is 44.2 Å². The highest BCUT2D eigenvalue weighted by atomic mass is 79.9. The van der Waals surface area contributed by atoms with Crippen LogP contribution in [0.5, 0.6) is 11.5 Å². The maximum absolute atomic E-state index is 13.7. The minimum Gasteiger partial charge on any atom is -0.490 e. The minimum atomic E-state index is -0.369. The van der Waals surface area contributed by atoms with E-state index in [-0.39, 0.29) is 23.9 Å². The molecule has 0 fully saturated rings. The van der Waals surface area contributed by atoms with Crippen molar-refractivity contribution in [3.8, 4) is 23.1 Å². The van der Waals surface area contributed by atoms with Crippen molar-refractivity contribution < 1.29 is 18.7 Å². The van der Waals surface area contributed by atoms with Gasteiger partial charge in [-0.15, -0.1) is 0 Å². The molecule has 1 N–H and O–H groups in total. The molecule has 0 aliphatic heterocycles. The van der Waals surface area contributed by atoms with Crippen molar-refractivity contribution in [2.24, 2.45) is 5.10 Å². The van der Waals surface area contributed by atoms with Crippen LogP contribution in [-0.2, 0) is 4.79 Å². The van der Waals surface area contributed by atoms with E-state index >= 15 is 0 Å². The largest absolute Gasteiger partial charge is 0.490 e. The zero-order valence-electron chi connectivity index (χ0n) is 24.2. The van der Waals surface area contributed by atoms with Crippen LogP contribution in [0.4, 0.5) is 5.69 Å². The Morgan fingerprint density at radius 1 is 1.04 bits per heavy atom. The quantitative estimate of drug-likeness (QED) is 0.156. The molecule has 0 unspecified atom stereocenters. The van der Waals surface area contributed by atoms with E-state index in [1.165, 1.54) is 10.9 Å². The molecule has 6 rings (SSSR count). The van der Waals surface area contributed by atoms with E-state index < -0.39 is 0 Å². The molecule has 0 atom stereocenters. The monoisotopic (exact) mass is 684 g/mol. The van der Waals surface area contributed by atoms with Gasteiger partial charge in [0, 0.05) is 26.1 Å². The molecule has 2 heterocycles. The van der Waals surface area contributed by atoms with Gasteiger partial charge in [-0.05, 0) is 90.4 Å². The summed E-state index contributed by atoms with van der Waals surface area (Å²) in [5, 5.41) is 9.09. The Morgan fingerprint density at radius 2 is 1.82 bits per heavy atom. The van der Waals surface area contributed by atoms with Crippen molar-refractivity contribution in [3.05, 3.63) is 116 Å². The van der Waals surface area contributed by atoms with E-state index in [4.69, 9.17) is 30.5 Å². The number of furan rings is 1. The van der Waals surface area contributed by atoms with E-state index in [0.29, 0.717) is 61.1 Å². The molecule has 0 saturated carbocycles. The highest BCUT2D eigenvalue weighted by Crippen LogP contribution is 2.34. The standard InChI is InChI=1S/C34H26BrClN4O5/c1-3-43-29-16-22(26(35)17-30(29)44-19-32(41)38-24-11-8-20(2)9-12-24)18-37-40-33(39-27-7-5-4-6-25(27)34(40)42)31-15-21-14-23(36)10-13-28(21)45-31/h4-18H,3,19H2,1-2H3,(H,38,41). The van der Waals surface area contributed by atoms with Gasteiger partial charge in [0.1, 0.15) is 5.58 Å². The number of aryl methyl sites for hydroxylation is 1. The highest BCUT2D eigenvalue weighted by Gasteiger charge is 2.18. The number of nitrogens with one attached hydrogen (secondary N) is 1. The van der Waals surface area contributed by atoms with Crippen LogP contribution < -0.4 is 20.3 Å². The summed E-state index contributed by atoms with van der Waals surface area (Å²) < 4.78 is 19.5. The number of halogens is 2. The molecule has 11 heteroatoms. The van der Waals surface area contributed by atoms with Crippen LogP contribution in [0.3, 0.4) is 0 Å². The van der Waals surface area contributed by atoms with Crippen LogP contribution in [-0.4, -0.2) is 35.0 Å². The predicted molar refractivity (Wildman–Crippen MR) is 180 cm³/mol. The maximum Gasteiger partial charge on any atom is 0.282 e. The van der Waals surface area contributed by atoms with Crippen LogP contribution in [0.2, 0.25) is 5.02 Å². The number of benzene rings is 4. The molecule has 6 aromatic rings. The lowest BCUT2D eigenvalue weighted by Gasteiger charge is -2.14. The third-order valence-corrected chi connectivity index (χ3v) is 7.74. The van der Waals surface area contributed by atoms with Gasteiger partial charge in [-0.25, -0.2) is 4.98 Å². The van der Waals surface area contributed by atoms with Gasteiger partial charge in [-0.2, -0.15) is 9.78 Å². The van der Waals surface area contributed by atoms with Gasteiger partial charge >= 0.3 is 0 Å². The van der Waals surface area contributed by atoms with E-state index in [0.717, 1.165) is 10.9 Å². The van der Waals surface area contributed by atoms with Crippen molar-refractivity contribution >= 4 is 67.2 Å². The second-order valence-electron chi connectivity index (χ2n) is 10.1. The number of fused-ring (bicyclic) bond motifs is 2. The molecule has 4 aromatic carbocycles. The summed E-state index contributed by atoms with van der Waals surface area (Å²) in [6.45, 7) is 3.96. The third kappa shape index (κ3) is 6.62. The summed E-state index contributed by atoms with van der Waals surface area (Å²) >= 11 is 9.74. The van der Waals surface area contributed by atoms with Gasteiger partial charge in [0.15, 0.2) is 23.9 Å². The molecule has 1 amide bonds. The highest BCUT2D eigenvalue weighted by molar-refractivity contribution is 9.10. The van der Waals surface area contributed by atoms with Gasteiger partial charge in [-0.3, -0.25) is 9.59 Å². The zero-order valence-corrected chi connectivity index (χ0v) is 26.6. The molecule has 226 valence electrons. The molecule has 0 radical (unpaired) electrons. The maximum atomic E-state index is 13.7. The smallest absolute Gasteiger partial charge is 0.282 e. The molecule has 0 spiro atoms. The molecule has 45 heavy (non-hydrogen) atoms. The average Bonchev–Trinajstić information content (AvgIpc) is 3.45. The van der Waals surface area contributed by atoms with Crippen molar-refractivity contribution in [1.29, 1.82) is 0 Å². The van der Waals surface area contributed by atoms with Crippen molar-refractivity contribution in [3.63, 3.8) is 0 Å². The molecule has 2 aromatic heterocycles. The van der Waals surface area contributed by atoms with Crippen LogP contribution in [0, 0.1) is 6.92 Å². The van der Waals surface area contributed by atoms with Crippen molar-refractivity contribution in [2.45, 2.75) is 13.8 Å². The Bertz CT molecular complexity index is 2140. The summed E-state index contributed by atoms with van der Waals surface area (Å²) in [5.41, 5.74) is 3.10. The van der Waals surface area contributed by atoms with Crippen LogP contribution in [0.1, 0.15) is 18.1 Å². The van der Waals surface area contributed by atoms with Crippen LogP contribution in [0.15, 0.2) is 104 Å². The second-order valence-corrected chi connectivity index (χ2v) is 11.4. The van der Waals surface area contributed by atoms with Gasteiger partial charge in [0.05, 0.1) is 23.7 Å². The number of amides is 1. The lowest BCUT2D eigenvalue weighted by Crippen LogP contribution is -2.20. The first-order valence-electron chi connectivity index (χ1n) is 14.0. The zero-order chi connectivity index (χ0) is 31.5. The summed E-state index contributed by atoms with van der Waals surface area (Å²) in [7, 11) is 0. The topological polar surface area (TPSA) is 108 Å².